The number of aromatic nitrogens is 1. The highest BCUT2D eigenvalue weighted by Gasteiger charge is 2.49. The Balaban J connectivity index is 1.67. The third-order valence-electron chi connectivity index (χ3n) is 7.08. The van der Waals surface area contributed by atoms with E-state index in [1.165, 1.54) is 6.07 Å². The van der Waals surface area contributed by atoms with Crippen LogP contribution in [0.3, 0.4) is 0 Å². The molecule has 5 nitrogen and oxygen atoms in total. The van der Waals surface area contributed by atoms with E-state index in [1.54, 1.807) is 6.92 Å². The lowest BCUT2D eigenvalue weighted by Crippen LogP contribution is -2.47. The third kappa shape index (κ3) is 5.56. The van der Waals surface area contributed by atoms with E-state index in [0.29, 0.717) is 11.1 Å². The van der Waals surface area contributed by atoms with Crippen LogP contribution in [0.4, 0.5) is 8.78 Å². The van der Waals surface area contributed by atoms with Crippen LogP contribution in [-0.4, -0.2) is 16.9 Å². The van der Waals surface area contributed by atoms with Gasteiger partial charge in [0.05, 0.1) is 11.3 Å². The predicted molar refractivity (Wildman–Crippen MR) is 138 cm³/mol. The van der Waals surface area contributed by atoms with Crippen molar-refractivity contribution in [3.8, 4) is 0 Å². The molecule has 1 aromatic heterocycles. The summed E-state index contributed by atoms with van der Waals surface area (Å²) in [7, 11) is 0. The van der Waals surface area contributed by atoms with Gasteiger partial charge in [-0.2, -0.15) is 0 Å². The van der Waals surface area contributed by atoms with Crippen molar-refractivity contribution >= 4 is 22.8 Å². The van der Waals surface area contributed by atoms with Crippen LogP contribution in [0.2, 0.25) is 0 Å². The first kappa shape index (κ1) is 26.1. The summed E-state index contributed by atoms with van der Waals surface area (Å²) in [5.74, 6) is -4.03. The number of aromatic amines is 1. The van der Waals surface area contributed by atoms with Crippen LogP contribution >= 0.6 is 0 Å². The summed E-state index contributed by atoms with van der Waals surface area (Å²) < 4.78 is 32.8. The molecule has 4 rings (SSSR count). The Morgan fingerprint density at radius 3 is 2.41 bits per heavy atom. The van der Waals surface area contributed by atoms with Crippen LogP contribution in [0, 0.1) is 23.0 Å². The van der Waals surface area contributed by atoms with Crippen molar-refractivity contribution in [1.82, 2.24) is 10.3 Å². The number of halogens is 2. The Kier molecular flexibility index (Phi) is 7.71. The maximum Gasteiger partial charge on any atom is 0.313 e. The summed E-state index contributed by atoms with van der Waals surface area (Å²) in [4.78, 5) is 30.6. The van der Waals surface area contributed by atoms with Gasteiger partial charge in [-0.1, -0.05) is 62.4 Å². The van der Waals surface area contributed by atoms with E-state index in [-0.39, 0.29) is 19.1 Å². The Morgan fingerprint density at radius 1 is 0.946 bits per heavy atom. The van der Waals surface area contributed by atoms with Gasteiger partial charge in [0.2, 0.25) is 5.91 Å². The van der Waals surface area contributed by atoms with Gasteiger partial charge in [0.15, 0.2) is 11.6 Å². The Bertz CT molecular complexity index is 1400. The molecule has 0 spiro atoms. The quantitative estimate of drug-likeness (QED) is 0.265. The van der Waals surface area contributed by atoms with Gasteiger partial charge in [-0.25, -0.2) is 8.78 Å². The molecule has 2 atom stereocenters. The first-order valence-corrected chi connectivity index (χ1v) is 12.2. The normalized spacial score (nSPS) is 13.8. The van der Waals surface area contributed by atoms with Crippen molar-refractivity contribution in [1.29, 1.82) is 0 Å². The second-order valence-corrected chi connectivity index (χ2v) is 9.72. The van der Waals surface area contributed by atoms with Gasteiger partial charge in [0.1, 0.15) is 6.61 Å². The number of ether oxygens (including phenoxy) is 1. The monoisotopic (exact) mass is 504 g/mol. The number of H-pyrrole nitrogens is 1. The van der Waals surface area contributed by atoms with E-state index in [4.69, 9.17) is 4.74 Å². The van der Waals surface area contributed by atoms with Crippen LogP contribution < -0.4 is 5.32 Å². The van der Waals surface area contributed by atoms with Crippen LogP contribution in [0.1, 0.15) is 43.4 Å². The SMILES string of the molecule is CC(C)C(C)(C(=O)OCc1ccccc1)C(C(=O)NCc1ccc(F)c(F)c1)c1ccc2cc[nH]c2c1. The summed E-state index contributed by atoms with van der Waals surface area (Å²) in [5.41, 5.74) is 1.50. The van der Waals surface area contributed by atoms with E-state index < -0.39 is 34.8 Å². The summed E-state index contributed by atoms with van der Waals surface area (Å²) in [5, 5.41) is 3.80. The molecule has 0 aliphatic carbocycles. The first-order valence-electron chi connectivity index (χ1n) is 12.2. The summed E-state index contributed by atoms with van der Waals surface area (Å²) in [6.45, 7) is 5.57. The largest absolute Gasteiger partial charge is 0.460 e. The van der Waals surface area contributed by atoms with Crippen LogP contribution in [0.15, 0.2) is 79.0 Å². The molecule has 0 aliphatic rings. The zero-order chi connectivity index (χ0) is 26.6. The molecule has 3 aromatic carbocycles. The summed E-state index contributed by atoms with van der Waals surface area (Å²) >= 11 is 0. The van der Waals surface area contributed by atoms with Gasteiger partial charge in [0, 0.05) is 18.3 Å². The number of hydrogen-bond donors (Lipinski definition) is 2. The minimum atomic E-state index is -1.23. The van der Waals surface area contributed by atoms with Crippen LogP contribution in [0.25, 0.3) is 10.9 Å². The zero-order valence-electron chi connectivity index (χ0n) is 21.1. The highest BCUT2D eigenvalue weighted by atomic mass is 19.2. The lowest BCUT2D eigenvalue weighted by molar-refractivity contribution is -0.163. The zero-order valence-corrected chi connectivity index (χ0v) is 21.1. The number of fused-ring (bicyclic) bond motifs is 1. The topological polar surface area (TPSA) is 71.2 Å². The maximum atomic E-state index is 13.8. The third-order valence-corrected chi connectivity index (χ3v) is 7.08. The molecule has 4 aromatic rings. The molecule has 7 heteroatoms. The molecule has 0 saturated carbocycles. The second kappa shape index (κ2) is 10.9. The lowest BCUT2D eigenvalue weighted by atomic mass is 9.66. The molecule has 1 amide bonds. The number of rotatable bonds is 9. The Hall–Kier alpha value is -4.00. The van der Waals surface area contributed by atoms with E-state index in [9.17, 15) is 18.4 Å². The van der Waals surface area contributed by atoms with Gasteiger partial charge in [-0.3, -0.25) is 9.59 Å². The number of amides is 1. The minimum absolute atomic E-state index is 0.0233. The molecular formula is C30H30F2N2O3. The number of nitrogens with one attached hydrogen (secondary N) is 2. The second-order valence-electron chi connectivity index (χ2n) is 9.72. The van der Waals surface area contributed by atoms with Crippen molar-refractivity contribution in [3.05, 3.63) is 107 Å². The van der Waals surface area contributed by atoms with Crippen molar-refractivity contribution in [2.75, 3.05) is 0 Å². The molecular weight excluding hydrogens is 474 g/mol. The average Bonchev–Trinajstić information content (AvgIpc) is 3.36. The fraction of sp³-hybridized carbons (Fsp3) is 0.267. The minimum Gasteiger partial charge on any atom is -0.460 e. The van der Waals surface area contributed by atoms with Crippen LogP contribution in [-0.2, 0) is 27.5 Å². The van der Waals surface area contributed by atoms with Gasteiger partial charge in [-0.05, 0) is 59.2 Å². The predicted octanol–water partition coefficient (Wildman–Crippen LogP) is 6.25. The number of hydrogen-bond acceptors (Lipinski definition) is 3. The van der Waals surface area contributed by atoms with E-state index in [0.717, 1.165) is 28.6 Å². The standard InChI is InChI=1S/C30H30F2N2O3/c1-19(2)30(3,29(36)37-18-20-7-5-4-6-8-20)27(23-11-10-22-13-14-33-26(22)16-23)28(35)34-17-21-9-12-24(31)25(32)15-21/h4-16,19,27,33H,17-18H2,1-3H3,(H,34,35). The smallest absolute Gasteiger partial charge is 0.313 e. The fourth-order valence-electron chi connectivity index (χ4n) is 4.52. The molecule has 0 bridgehead atoms. The molecule has 2 N–H and O–H groups in total. The molecule has 0 aliphatic heterocycles. The number of benzene rings is 3. The van der Waals surface area contributed by atoms with Crippen molar-refractivity contribution in [3.63, 3.8) is 0 Å². The molecule has 37 heavy (non-hydrogen) atoms. The average molecular weight is 505 g/mol. The van der Waals surface area contributed by atoms with Gasteiger partial charge < -0.3 is 15.0 Å². The number of carbonyl (C=O) groups is 2. The highest BCUT2D eigenvalue weighted by Crippen LogP contribution is 2.44. The molecule has 1 heterocycles. The van der Waals surface area contributed by atoms with Crippen LogP contribution in [0.5, 0.6) is 0 Å². The fourth-order valence-corrected chi connectivity index (χ4v) is 4.52. The lowest BCUT2D eigenvalue weighted by Gasteiger charge is -2.38. The van der Waals surface area contributed by atoms with E-state index >= 15 is 0 Å². The summed E-state index contributed by atoms with van der Waals surface area (Å²) in [6.07, 6.45) is 1.81. The number of carbonyl (C=O) groups excluding carboxylic acids is 2. The van der Waals surface area contributed by atoms with E-state index in [1.807, 2.05) is 74.6 Å². The van der Waals surface area contributed by atoms with Crippen molar-refractivity contribution in [2.24, 2.45) is 11.3 Å². The highest BCUT2D eigenvalue weighted by molar-refractivity contribution is 5.93. The van der Waals surface area contributed by atoms with E-state index in [2.05, 4.69) is 10.3 Å². The molecule has 0 radical (unpaired) electrons. The van der Waals surface area contributed by atoms with Crippen molar-refractivity contribution in [2.45, 2.75) is 39.8 Å². The maximum absolute atomic E-state index is 13.8. The first-order chi connectivity index (χ1) is 17.7. The number of esters is 1. The molecule has 2 unspecified atom stereocenters. The van der Waals surface area contributed by atoms with Gasteiger partial charge >= 0.3 is 5.97 Å². The Labute approximate surface area is 214 Å². The van der Waals surface area contributed by atoms with Gasteiger partial charge in [0.25, 0.3) is 0 Å². The molecule has 192 valence electrons. The Morgan fingerprint density at radius 2 is 1.70 bits per heavy atom. The van der Waals surface area contributed by atoms with Crippen molar-refractivity contribution < 1.29 is 23.1 Å². The molecule has 0 saturated heterocycles. The molecule has 0 fully saturated rings. The van der Waals surface area contributed by atoms with Gasteiger partial charge in [-0.15, -0.1) is 0 Å². The summed E-state index contributed by atoms with van der Waals surface area (Å²) in [6, 6.07) is 20.3.